The van der Waals surface area contributed by atoms with Gasteiger partial charge in [0.1, 0.15) is 0 Å². The summed E-state index contributed by atoms with van der Waals surface area (Å²) in [6.07, 6.45) is 10.6. The van der Waals surface area contributed by atoms with Gasteiger partial charge in [0.25, 0.3) is 0 Å². The molecule has 0 saturated heterocycles. The first-order valence-corrected chi connectivity index (χ1v) is 8.02. The number of ether oxygens (including phenoxy) is 2. The molecule has 0 bridgehead atoms. The van der Waals surface area contributed by atoms with Gasteiger partial charge < -0.3 is 14.8 Å². The van der Waals surface area contributed by atoms with Crippen molar-refractivity contribution in [3.63, 3.8) is 0 Å². The quantitative estimate of drug-likeness (QED) is 0.832. The highest BCUT2D eigenvalue weighted by molar-refractivity contribution is 4.90. The summed E-state index contributed by atoms with van der Waals surface area (Å²) in [6.45, 7) is 3.36. The van der Waals surface area contributed by atoms with Gasteiger partial charge in [-0.15, -0.1) is 0 Å². The lowest BCUT2D eigenvalue weighted by atomic mass is 9.79. The Morgan fingerprint density at radius 3 is 2.42 bits per heavy atom. The third-order valence-electron chi connectivity index (χ3n) is 5.01. The van der Waals surface area contributed by atoms with Gasteiger partial charge in [-0.05, 0) is 64.3 Å². The minimum atomic E-state index is 0.0849. The van der Waals surface area contributed by atoms with Gasteiger partial charge in [-0.2, -0.15) is 0 Å². The van der Waals surface area contributed by atoms with Gasteiger partial charge in [-0.1, -0.05) is 6.92 Å². The summed E-state index contributed by atoms with van der Waals surface area (Å²) in [7, 11) is 3.88. The van der Waals surface area contributed by atoms with E-state index < -0.39 is 0 Å². The Labute approximate surface area is 118 Å². The van der Waals surface area contributed by atoms with Gasteiger partial charge >= 0.3 is 0 Å². The van der Waals surface area contributed by atoms with E-state index in [0.717, 1.165) is 18.9 Å². The fourth-order valence-electron chi connectivity index (χ4n) is 3.72. The largest absolute Gasteiger partial charge is 0.381 e. The van der Waals surface area contributed by atoms with Gasteiger partial charge in [0.2, 0.25) is 0 Å². The lowest BCUT2D eigenvalue weighted by molar-refractivity contribution is -0.139. The van der Waals surface area contributed by atoms with E-state index >= 15 is 0 Å². The molecule has 2 aliphatic rings. The number of hydrogen-bond acceptors (Lipinski definition) is 3. The van der Waals surface area contributed by atoms with Crippen LogP contribution in [0.3, 0.4) is 0 Å². The van der Waals surface area contributed by atoms with Crippen LogP contribution in [0.15, 0.2) is 0 Å². The molecule has 2 fully saturated rings. The Morgan fingerprint density at radius 1 is 1.11 bits per heavy atom. The van der Waals surface area contributed by atoms with Crippen LogP contribution in [0.2, 0.25) is 0 Å². The van der Waals surface area contributed by atoms with Crippen molar-refractivity contribution >= 4 is 0 Å². The molecule has 112 valence electrons. The van der Waals surface area contributed by atoms with Gasteiger partial charge in [0, 0.05) is 13.7 Å². The Morgan fingerprint density at radius 2 is 1.79 bits per heavy atom. The van der Waals surface area contributed by atoms with E-state index in [1.165, 1.54) is 44.9 Å². The van der Waals surface area contributed by atoms with Crippen molar-refractivity contribution in [2.75, 3.05) is 20.7 Å². The maximum absolute atomic E-state index is 6.60. The lowest BCUT2D eigenvalue weighted by Gasteiger charge is -2.43. The molecule has 3 heteroatoms. The van der Waals surface area contributed by atoms with E-state index in [-0.39, 0.29) is 5.60 Å². The van der Waals surface area contributed by atoms with E-state index in [9.17, 15) is 0 Å². The number of likely N-dealkylation sites (N-methyl/N-ethyl adjacent to an activating group) is 1. The molecule has 0 aromatic rings. The van der Waals surface area contributed by atoms with Gasteiger partial charge in [0.05, 0.1) is 17.8 Å². The molecular formula is C16H31NO2. The van der Waals surface area contributed by atoms with Crippen molar-refractivity contribution in [2.24, 2.45) is 5.92 Å². The first-order chi connectivity index (χ1) is 9.17. The molecule has 0 aromatic heterocycles. The predicted octanol–water partition coefficient (Wildman–Crippen LogP) is 3.13. The highest BCUT2D eigenvalue weighted by Crippen LogP contribution is 2.37. The average molecular weight is 269 g/mol. The maximum Gasteiger partial charge on any atom is 0.0810 e. The van der Waals surface area contributed by atoms with E-state index in [4.69, 9.17) is 9.47 Å². The number of rotatable bonds is 5. The Balaban J connectivity index is 1.92. The summed E-state index contributed by atoms with van der Waals surface area (Å²) in [5.74, 6) is 0.867. The number of methoxy groups -OCH3 is 1. The van der Waals surface area contributed by atoms with Crippen LogP contribution >= 0.6 is 0 Å². The Hall–Kier alpha value is -0.120. The molecule has 2 saturated carbocycles. The number of nitrogens with one attached hydrogen (secondary N) is 1. The van der Waals surface area contributed by atoms with Gasteiger partial charge in [0.15, 0.2) is 0 Å². The molecule has 0 radical (unpaired) electrons. The van der Waals surface area contributed by atoms with E-state index in [1.807, 2.05) is 14.2 Å². The van der Waals surface area contributed by atoms with Crippen molar-refractivity contribution in [3.8, 4) is 0 Å². The molecule has 2 rings (SSSR count). The van der Waals surface area contributed by atoms with Crippen molar-refractivity contribution in [1.29, 1.82) is 0 Å². The summed E-state index contributed by atoms with van der Waals surface area (Å²) < 4.78 is 12.1. The van der Waals surface area contributed by atoms with Crippen LogP contribution in [0.5, 0.6) is 0 Å². The molecule has 2 aliphatic carbocycles. The van der Waals surface area contributed by atoms with Crippen LogP contribution in [-0.2, 0) is 9.47 Å². The molecule has 1 N–H and O–H groups in total. The molecule has 0 aromatic carbocycles. The molecule has 19 heavy (non-hydrogen) atoms. The van der Waals surface area contributed by atoms with E-state index in [2.05, 4.69) is 12.2 Å². The monoisotopic (exact) mass is 269 g/mol. The van der Waals surface area contributed by atoms with E-state index in [1.54, 1.807) is 0 Å². The van der Waals surface area contributed by atoms with Crippen molar-refractivity contribution in [3.05, 3.63) is 0 Å². The third-order valence-corrected chi connectivity index (χ3v) is 5.01. The molecule has 0 amide bonds. The SMILES string of the molecule is CNCC1(OC2CCCC(OC)C2)CCC(C)CC1. The lowest BCUT2D eigenvalue weighted by Crippen LogP contribution is -2.48. The fraction of sp³-hybridized carbons (Fsp3) is 1.00. The molecule has 0 spiro atoms. The van der Waals surface area contributed by atoms with Crippen LogP contribution in [0.4, 0.5) is 0 Å². The highest BCUT2D eigenvalue weighted by Gasteiger charge is 2.38. The van der Waals surface area contributed by atoms with Gasteiger partial charge in [-0.25, -0.2) is 0 Å². The summed E-state index contributed by atoms with van der Waals surface area (Å²) >= 11 is 0. The zero-order valence-electron chi connectivity index (χ0n) is 12.9. The molecule has 3 nitrogen and oxygen atoms in total. The second-order valence-corrected chi connectivity index (χ2v) is 6.66. The Bertz CT molecular complexity index is 261. The summed E-state index contributed by atoms with van der Waals surface area (Å²) in [5, 5.41) is 3.35. The molecule has 2 unspecified atom stereocenters. The van der Waals surface area contributed by atoms with Crippen LogP contribution < -0.4 is 5.32 Å². The zero-order valence-corrected chi connectivity index (χ0v) is 12.9. The molecular weight excluding hydrogens is 238 g/mol. The normalized spacial score (nSPS) is 40.3. The van der Waals surface area contributed by atoms with Crippen LogP contribution in [0.25, 0.3) is 0 Å². The minimum absolute atomic E-state index is 0.0849. The summed E-state index contributed by atoms with van der Waals surface area (Å²) in [6, 6.07) is 0. The second-order valence-electron chi connectivity index (χ2n) is 6.66. The topological polar surface area (TPSA) is 30.5 Å². The molecule has 0 aliphatic heterocycles. The van der Waals surface area contributed by atoms with Crippen molar-refractivity contribution in [2.45, 2.75) is 76.1 Å². The predicted molar refractivity (Wildman–Crippen MR) is 78.4 cm³/mol. The summed E-state index contributed by atoms with van der Waals surface area (Å²) in [4.78, 5) is 0. The maximum atomic E-state index is 6.60. The second kappa shape index (κ2) is 7.05. The molecule has 2 atom stereocenters. The van der Waals surface area contributed by atoms with Crippen LogP contribution in [-0.4, -0.2) is 38.5 Å². The first kappa shape index (κ1) is 15.3. The number of hydrogen-bond donors (Lipinski definition) is 1. The first-order valence-electron chi connectivity index (χ1n) is 8.02. The van der Waals surface area contributed by atoms with E-state index in [0.29, 0.717) is 12.2 Å². The van der Waals surface area contributed by atoms with Crippen molar-refractivity contribution < 1.29 is 9.47 Å². The zero-order chi connectivity index (χ0) is 13.7. The van der Waals surface area contributed by atoms with Gasteiger partial charge in [-0.3, -0.25) is 0 Å². The smallest absolute Gasteiger partial charge is 0.0810 e. The highest BCUT2D eigenvalue weighted by atomic mass is 16.5. The average Bonchev–Trinajstić information content (AvgIpc) is 2.43. The van der Waals surface area contributed by atoms with Crippen molar-refractivity contribution in [1.82, 2.24) is 5.32 Å². The third kappa shape index (κ3) is 4.17. The Kier molecular flexibility index (Phi) is 5.67. The standard InChI is InChI=1S/C16H31NO2/c1-13-7-9-16(10-8-13,12-17-2)19-15-6-4-5-14(11-15)18-3/h13-15,17H,4-12H2,1-3H3. The summed E-state index contributed by atoms with van der Waals surface area (Å²) in [5.41, 5.74) is 0.0849. The molecule has 0 heterocycles. The van der Waals surface area contributed by atoms with Crippen LogP contribution in [0, 0.1) is 5.92 Å². The minimum Gasteiger partial charge on any atom is -0.381 e. The fourth-order valence-corrected chi connectivity index (χ4v) is 3.72. The van der Waals surface area contributed by atoms with Crippen LogP contribution in [0.1, 0.15) is 58.3 Å².